The van der Waals surface area contributed by atoms with Gasteiger partial charge in [0.1, 0.15) is 15.9 Å². The van der Waals surface area contributed by atoms with Crippen LogP contribution in [0.15, 0.2) is 0 Å². The first-order chi connectivity index (χ1) is 5.37. The lowest BCUT2D eigenvalue weighted by atomic mass is 10.4. The fraction of sp³-hybridized carbons (Fsp3) is 0.833. The molecule has 0 aromatic heterocycles. The van der Waals surface area contributed by atoms with Crippen LogP contribution in [0.5, 0.6) is 0 Å². The second-order valence-electron chi connectivity index (χ2n) is 2.45. The second-order valence-corrected chi connectivity index (χ2v) is 4.64. The Morgan fingerprint density at radius 3 is 2.42 bits per heavy atom. The monoisotopic (exact) mass is 195 g/mol. The average molecular weight is 195 g/mol. The van der Waals surface area contributed by atoms with Gasteiger partial charge < -0.3 is 10.5 Å². The second kappa shape index (κ2) is 4.42. The van der Waals surface area contributed by atoms with Gasteiger partial charge in [0.15, 0.2) is 0 Å². The topological polar surface area (TPSA) is 86.5 Å². The number of carbonyl (C=O) groups excluding carboxylic acids is 1. The normalized spacial score (nSPS) is 13.9. The molecule has 1 atom stereocenters. The van der Waals surface area contributed by atoms with Crippen LogP contribution in [0, 0.1) is 0 Å². The van der Waals surface area contributed by atoms with Crippen LogP contribution in [0.25, 0.3) is 0 Å². The molecule has 0 aliphatic rings. The molecular formula is C6H13NO4S. The number of esters is 1. The molecule has 2 N–H and O–H groups in total. The molecule has 0 aromatic carbocycles. The lowest BCUT2D eigenvalue weighted by Crippen LogP contribution is -2.38. The van der Waals surface area contributed by atoms with E-state index in [0.29, 0.717) is 0 Å². The zero-order valence-electron chi connectivity index (χ0n) is 7.11. The van der Waals surface area contributed by atoms with Crippen molar-refractivity contribution in [3.05, 3.63) is 0 Å². The maximum absolute atomic E-state index is 10.8. The summed E-state index contributed by atoms with van der Waals surface area (Å²) in [5.41, 5.74) is 5.24. The van der Waals surface area contributed by atoms with E-state index in [-0.39, 0.29) is 12.4 Å². The standard InChI is InChI=1S/C6H13NO4S/c1-3-11-6(8)5(7)4-12(2,9)10/h5H,3-4,7H2,1-2H3. The van der Waals surface area contributed by atoms with Crippen LogP contribution in [0.4, 0.5) is 0 Å². The summed E-state index contributed by atoms with van der Waals surface area (Å²) in [5.74, 6) is -1.05. The summed E-state index contributed by atoms with van der Waals surface area (Å²) < 4.78 is 25.8. The predicted octanol–water partition coefficient (Wildman–Crippen LogP) is -1.08. The Morgan fingerprint density at radius 1 is 1.58 bits per heavy atom. The first kappa shape index (κ1) is 11.4. The van der Waals surface area contributed by atoms with Gasteiger partial charge in [-0.2, -0.15) is 0 Å². The van der Waals surface area contributed by atoms with E-state index in [1.165, 1.54) is 0 Å². The molecule has 0 radical (unpaired) electrons. The molecule has 0 spiro atoms. The van der Waals surface area contributed by atoms with E-state index in [9.17, 15) is 13.2 Å². The zero-order valence-corrected chi connectivity index (χ0v) is 7.93. The van der Waals surface area contributed by atoms with Crippen LogP contribution < -0.4 is 5.73 Å². The number of ether oxygens (including phenoxy) is 1. The van der Waals surface area contributed by atoms with Crippen LogP contribution in [-0.4, -0.2) is 39.0 Å². The number of hydrogen-bond donors (Lipinski definition) is 1. The smallest absolute Gasteiger partial charge is 0.323 e. The van der Waals surface area contributed by atoms with Crippen molar-refractivity contribution in [3.8, 4) is 0 Å². The summed E-state index contributed by atoms with van der Waals surface area (Å²) in [6.07, 6.45) is 1.02. The highest BCUT2D eigenvalue weighted by Crippen LogP contribution is 1.91. The lowest BCUT2D eigenvalue weighted by molar-refractivity contribution is -0.144. The van der Waals surface area contributed by atoms with Gasteiger partial charge in [0.25, 0.3) is 0 Å². The van der Waals surface area contributed by atoms with E-state index in [4.69, 9.17) is 5.73 Å². The van der Waals surface area contributed by atoms with E-state index in [1.54, 1.807) is 6.92 Å². The highest BCUT2D eigenvalue weighted by Gasteiger charge is 2.19. The van der Waals surface area contributed by atoms with Gasteiger partial charge in [0, 0.05) is 6.26 Å². The molecular weight excluding hydrogens is 182 g/mol. The zero-order chi connectivity index (χ0) is 9.78. The molecule has 12 heavy (non-hydrogen) atoms. The summed E-state index contributed by atoms with van der Waals surface area (Å²) in [7, 11) is -3.21. The SMILES string of the molecule is CCOC(=O)C(N)CS(C)(=O)=O. The summed E-state index contributed by atoms with van der Waals surface area (Å²) in [4.78, 5) is 10.8. The van der Waals surface area contributed by atoms with Crippen molar-refractivity contribution in [3.63, 3.8) is 0 Å². The van der Waals surface area contributed by atoms with Crippen LogP contribution in [-0.2, 0) is 19.4 Å². The largest absolute Gasteiger partial charge is 0.465 e. The molecule has 0 saturated heterocycles. The third-order valence-corrected chi connectivity index (χ3v) is 2.04. The predicted molar refractivity (Wildman–Crippen MR) is 44.3 cm³/mol. The minimum atomic E-state index is -3.21. The first-order valence-corrected chi connectivity index (χ1v) is 5.53. The number of carbonyl (C=O) groups is 1. The molecule has 0 fully saturated rings. The van der Waals surface area contributed by atoms with Crippen LogP contribution in [0.3, 0.4) is 0 Å². The summed E-state index contributed by atoms with van der Waals surface area (Å²) in [5, 5.41) is 0. The number of rotatable bonds is 4. The van der Waals surface area contributed by atoms with Crippen molar-refractivity contribution >= 4 is 15.8 Å². The van der Waals surface area contributed by atoms with Gasteiger partial charge in [-0.15, -0.1) is 0 Å². The van der Waals surface area contributed by atoms with Crippen LogP contribution in [0.1, 0.15) is 6.92 Å². The molecule has 6 heteroatoms. The Labute approximate surface area is 71.8 Å². The molecule has 0 amide bonds. The van der Waals surface area contributed by atoms with E-state index < -0.39 is 21.8 Å². The van der Waals surface area contributed by atoms with Crippen molar-refractivity contribution < 1.29 is 17.9 Å². The Morgan fingerprint density at radius 2 is 2.08 bits per heavy atom. The Balaban J connectivity index is 4.05. The Kier molecular flexibility index (Phi) is 4.19. The van der Waals surface area contributed by atoms with Gasteiger partial charge in [-0.3, -0.25) is 4.79 Å². The minimum absolute atomic E-state index is 0.205. The minimum Gasteiger partial charge on any atom is -0.465 e. The van der Waals surface area contributed by atoms with Gasteiger partial charge in [0.05, 0.1) is 12.4 Å². The highest BCUT2D eigenvalue weighted by molar-refractivity contribution is 7.90. The van der Waals surface area contributed by atoms with Crippen molar-refractivity contribution in [2.24, 2.45) is 5.73 Å². The van der Waals surface area contributed by atoms with Crippen LogP contribution >= 0.6 is 0 Å². The average Bonchev–Trinajstić information content (AvgIpc) is 1.84. The van der Waals surface area contributed by atoms with E-state index in [2.05, 4.69) is 4.74 Å². The summed E-state index contributed by atoms with van der Waals surface area (Å²) in [6.45, 7) is 1.83. The van der Waals surface area contributed by atoms with Gasteiger partial charge in [-0.25, -0.2) is 8.42 Å². The molecule has 5 nitrogen and oxygen atoms in total. The van der Waals surface area contributed by atoms with Crippen LogP contribution in [0.2, 0.25) is 0 Å². The Bertz CT molecular complexity index is 246. The quantitative estimate of drug-likeness (QED) is 0.577. The molecule has 0 rings (SSSR count). The molecule has 1 unspecified atom stereocenters. The van der Waals surface area contributed by atoms with Crippen molar-refractivity contribution in [1.82, 2.24) is 0 Å². The van der Waals surface area contributed by atoms with Gasteiger partial charge >= 0.3 is 5.97 Å². The fourth-order valence-electron chi connectivity index (χ4n) is 0.644. The highest BCUT2D eigenvalue weighted by atomic mass is 32.2. The first-order valence-electron chi connectivity index (χ1n) is 3.46. The molecule has 0 aromatic rings. The van der Waals surface area contributed by atoms with Gasteiger partial charge in [-0.1, -0.05) is 0 Å². The molecule has 0 aliphatic heterocycles. The molecule has 0 heterocycles. The maximum Gasteiger partial charge on any atom is 0.323 e. The molecule has 72 valence electrons. The molecule has 0 aliphatic carbocycles. The third kappa shape index (κ3) is 5.09. The molecule has 0 saturated carbocycles. The number of nitrogens with two attached hydrogens (primary N) is 1. The van der Waals surface area contributed by atoms with E-state index in [0.717, 1.165) is 6.26 Å². The maximum atomic E-state index is 10.8. The third-order valence-electron chi connectivity index (χ3n) is 1.07. The van der Waals surface area contributed by atoms with Gasteiger partial charge in [-0.05, 0) is 6.92 Å². The lowest BCUT2D eigenvalue weighted by Gasteiger charge is -2.08. The van der Waals surface area contributed by atoms with E-state index >= 15 is 0 Å². The summed E-state index contributed by atoms with van der Waals surface area (Å²) in [6, 6.07) is -1.07. The fourth-order valence-corrected chi connectivity index (χ4v) is 1.43. The van der Waals surface area contributed by atoms with Gasteiger partial charge in [0.2, 0.25) is 0 Å². The van der Waals surface area contributed by atoms with Crippen molar-refractivity contribution in [1.29, 1.82) is 0 Å². The number of hydrogen-bond acceptors (Lipinski definition) is 5. The van der Waals surface area contributed by atoms with Crippen molar-refractivity contribution in [2.45, 2.75) is 13.0 Å². The van der Waals surface area contributed by atoms with Crippen molar-refractivity contribution in [2.75, 3.05) is 18.6 Å². The number of sulfone groups is 1. The molecule has 0 bridgehead atoms. The Hall–Kier alpha value is -0.620. The van der Waals surface area contributed by atoms with E-state index in [1.807, 2.05) is 0 Å². The summed E-state index contributed by atoms with van der Waals surface area (Å²) >= 11 is 0.